The first-order valence-corrected chi connectivity index (χ1v) is 5.74. The van der Waals surface area contributed by atoms with E-state index in [9.17, 15) is 0 Å². The molecule has 0 aromatic carbocycles. The molecule has 0 saturated carbocycles. The van der Waals surface area contributed by atoms with Gasteiger partial charge < -0.3 is 10.1 Å². The van der Waals surface area contributed by atoms with E-state index >= 15 is 0 Å². The summed E-state index contributed by atoms with van der Waals surface area (Å²) in [5.41, 5.74) is 0. The van der Waals surface area contributed by atoms with Gasteiger partial charge in [0.25, 0.3) is 0 Å². The molecule has 72 valence electrons. The van der Waals surface area contributed by atoms with Crippen LogP contribution in [0.1, 0.15) is 13.3 Å². The van der Waals surface area contributed by atoms with Crippen LogP contribution in [0.25, 0.3) is 0 Å². The predicted molar refractivity (Wildman–Crippen MR) is 55.1 cm³/mol. The predicted octanol–water partition coefficient (Wildman–Crippen LogP) is 1.89. The van der Waals surface area contributed by atoms with E-state index in [-0.39, 0.29) is 6.10 Å². The topological polar surface area (TPSA) is 47.0 Å². The van der Waals surface area contributed by atoms with E-state index in [1.165, 1.54) is 11.3 Å². The molecular weight excluding hydrogens is 254 g/mol. The van der Waals surface area contributed by atoms with Crippen molar-refractivity contribution < 1.29 is 4.74 Å². The van der Waals surface area contributed by atoms with E-state index in [4.69, 9.17) is 4.74 Å². The first kappa shape index (κ1) is 9.36. The third-order valence-corrected chi connectivity index (χ3v) is 3.37. The van der Waals surface area contributed by atoms with E-state index in [0.717, 1.165) is 22.1 Å². The van der Waals surface area contributed by atoms with Crippen molar-refractivity contribution in [2.75, 3.05) is 11.9 Å². The van der Waals surface area contributed by atoms with Crippen molar-refractivity contribution in [1.29, 1.82) is 0 Å². The summed E-state index contributed by atoms with van der Waals surface area (Å²) in [6.45, 7) is 2.90. The second-order valence-electron chi connectivity index (χ2n) is 2.98. The Kier molecular flexibility index (Phi) is 2.80. The summed E-state index contributed by atoms with van der Waals surface area (Å²) >= 11 is 4.77. The number of nitrogens with one attached hydrogen (secondary N) is 1. The number of rotatable bonds is 2. The summed E-state index contributed by atoms with van der Waals surface area (Å²) in [5.74, 6) is 0. The second-order valence-corrected chi connectivity index (χ2v) is 5.23. The minimum absolute atomic E-state index is 0.266. The summed E-state index contributed by atoms with van der Waals surface area (Å²) in [4.78, 5) is 0. The standard InChI is InChI=1S/C7H10BrN3OS/c1-4-5(2-3-12-4)9-7-11-10-6(8)13-7/h4-5H,2-3H2,1H3,(H,9,11). The van der Waals surface area contributed by atoms with E-state index in [1.807, 2.05) is 0 Å². The van der Waals surface area contributed by atoms with Gasteiger partial charge >= 0.3 is 0 Å². The van der Waals surface area contributed by atoms with Crippen LogP contribution in [0.5, 0.6) is 0 Å². The largest absolute Gasteiger partial charge is 0.376 e. The fourth-order valence-corrected chi connectivity index (χ4v) is 2.42. The Labute approximate surface area is 88.8 Å². The highest BCUT2D eigenvalue weighted by atomic mass is 79.9. The van der Waals surface area contributed by atoms with Crippen molar-refractivity contribution in [1.82, 2.24) is 10.2 Å². The summed E-state index contributed by atoms with van der Waals surface area (Å²) in [6, 6.07) is 0.375. The molecule has 2 atom stereocenters. The smallest absolute Gasteiger partial charge is 0.206 e. The molecule has 2 unspecified atom stereocenters. The molecule has 2 heterocycles. The van der Waals surface area contributed by atoms with Crippen molar-refractivity contribution in [3.8, 4) is 0 Å². The first-order valence-electron chi connectivity index (χ1n) is 4.13. The van der Waals surface area contributed by atoms with Crippen molar-refractivity contribution in [2.45, 2.75) is 25.5 Å². The number of anilines is 1. The van der Waals surface area contributed by atoms with Gasteiger partial charge in [0.2, 0.25) is 5.13 Å². The molecule has 2 rings (SSSR count). The van der Waals surface area contributed by atoms with Crippen LogP contribution in [-0.4, -0.2) is 29.0 Å². The van der Waals surface area contributed by atoms with Crippen molar-refractivity contribution in [2.24, 2.45) is 0 Å². The summed E-state index contributed by atoms with van der Waals surface area (Å²) in [6.07, 6.45) is 1.31. The molecule has 1 fully saturated rings. The van der Waals surface area contributed by atoms with Gasteiger partial charge in [-0.25, -0.2) is 0 Å². The van der Waals surface area contributed by atoms with Crippen LogP contribution in [0.2, 0.25) is 0 Å². The Balaban J connectivity index is 1.97. The highest BCUT2D eigenvalue weighted by molar-refractivity contribution is 9.11. The van der Waals surface area contributed by atoms with Crippen molar-refractivity contribution in [3.63, 3.8) is 0 Å². The number of ether oxygens (including phenoxy) is 1. The highest BCUT2D eigenvalue weighted by Gasteiger charge is 2.24. The Morgan fingerprint density at radius 3 is 3.00 bits per heavy atom. The van der Waals surface area contributed by atoms with E-state index in [0.29, 0.717) is 6.04 Å². The van der Waals surface area contributed by atoms with E-state index in [2.05, 4.69) is 38.4 Å². The van der Waals surface area contributed by atoms with Gasteiger partial charge in [0.15, 0.2) is 3.92 Å². The SMILES string of the molecule is CC1OCCC1Nc1nnc(Br)s1. The normalized spacial score (nSPS) is 27.8. The molecule has 0 bridgehead atoms. The van der Waals surface area contributed by atoms with Gasteiger partial charge in [0, 0.05) is 6.61 Å². The van der Waals surface area contributed by atoms with Gasteiger partial charge in [-0.2, -0.15) is 0 Å². The third kappa shape index (κ3) is 2.18. The van der Waals surface area contributed by atoms with Crippen LogP contribution in [0.15, 0.2) is 3.92 Å². The molecule has 1 N–H and O–H groups in total. The van der Waals surface area contributed by atoms with Crippen molar-refractivity contribution in [3.05, 3.63) is 3.92 Å². The second kappa shape index (κ2) is 3.89. The number of halogens is 1. The van der Waals surface area contributed by atoms with E-state index < -0.39 is 0 Å². The Morgan fingerprint density at radius 2 is 2.46 bits per heavy atom. The average molecular weight is 264 g/mol. The molecule has 0 radical (unpaired) electrons. The maximum atomic E-state index is 5.43. The fraction of sp³-hybridized carbons (Fsp3) is 0.714. The van der Waals surface area contributed by atoms with Gasteiger partial charge in [-0.15, -0.1) is 10.2 Å². The summed E-state index contributed by atoms with van der Waals surface area (Å²) in [7, 11) is 0. The molecule has 6 heteroatoms. The zero-order valence-electron chi connectivity index (χ0n) is 7.16. The number of aromatic nitrogens is 2. The van der Waals surface area contributed by atoms with Crippen LogP contribution in [0, 0.1) is 0 Å². The van der Waals surface area contributed by atoms with Crippen LogP contribution < -0.4 is 5.32 Å². The number of hydrogen-bond donors (Lipinski definition) is 1. The molecule has 0 amide bonds. The van der Waals surface area contributed by atoms with Gasteiger partial charge in [-0.05, 0) is 29.3 Å². The molecular formula is C7H10BrN3OS. The maximum absolute atomic E-state index is 5.43. The highest BCUT2D eigenvalue weighted by Crippen LogP contribution is 2.24. The Hall–Kier alpha value is -0.200. The van der Waals surface area contributed by atoms with E-state index in [1.54, 1.807) is 0 Å². The molecule has 0 spiro atoms. The Morgan fingerprint density at radius 1 is 1.62 bits per heavy atom. The van der Waals surface area contributed by atoms with Crippen molar-refractivity contribution >= 4 is 32.4 Å². The lowest BCUT2D eigenvalue weighted by Crippen LogP contribution is -2.26. The molecule has 4 nitrogen and oxygen atoms in total. The minimum atomic E-state index is 0.266. The monoisotopic (exact) mass is 263 g/mol. The zero-order chi connectivity index (χ0) is 9.26. The lowest BCUT2D eigenvalue weighted by atomic mass is 10.2. The minimum Gasteiger partial charge on any atom is -0.376 e. The number of hydrogen-bond acceptors (Lipinski definition) is 5. The maximum Gasteiger partial charge on any atom is 0.206 e. The van der Waals surface area contributed by atoms with Gasteiger partial charge in [-0.1, -0.05) is 11.3 Å². The average Bonchev–Trinajstić information content (AvgIpc) is 2.64. The number of nitrogens with zero attached hydrogens (tertiary/aromatic N) is 2. The molecule has 1 aliphatic rings. The quantitative estimate of drug-likeness (QED) is 0.886. The van der Waals surface area contributed by atoms with Crippen LogP contribution in [0.4, 0.5) is 5.13 Å². The van der Waals surface area contributed by atoms with Gasteiger partial charge in [0.1, 0.15) is 0 Å². The van der Waals surface area contributed by atoms with Gasteiger partial charge in [0.05, 0.1) is 12.1 Å². The van der Waals surface area contributed by atoms with Crippen LogP contribution in [0.3, 0.4) is 0 Å². The lowest BCUT2D eigenvalue weighted by Gasteiger charge is -2.13. The fourth-order valence-electron chi connectivity index (χ4n) is 1.34. The first-order chi connectivity index (χ1) is 6.25. The molecule has 1 aromatic rings. The molecule has 1 aromatic heterocycles. The molecule has 0 aliphatic carbocycles. The zero-order valence-corrected chi connectivity index (χ0v) is 9.56. The molecule has 13 heavy (non-hydrogen) atoms. The molecule has 1 saturated heterocycles. The Bertz CT molecular complexity index is 293. The van der Waals surface area contributed by atoms with Crippen LogP contribution in [-0.2, 0) is 4.74 Å². The summed E-state index contributed by atoms with van der Waals surface area (Å²) < 4.78 is 6.23. The lowest BCUT2D eigenvalue weighted by molar-refractivity contribution is 0.121. The third-order valence-electron chi connectivity index (χ3n) is 2.09. The van der Waals surface area contributed by atoms with Gasteiger partial charge in [-0.3, -0.25) is 0 Å². The molecule has 1 aliphatic heterocycles. The van der Waals surface area contributed by atoms with Crippen LogP contribution >= 0.6 is 27.3 Å². The summed E-state index contributed by atoms with van der Waals surface area (Å²) in [5, 5.41) is 12.0.